The number of ether oxygens (including phenoxy) is 2. The highest BCUT2D eigenvalue weighted by Crippen LogP contribution is 2.26. The lowest BCUT2D eigenvalue weighted by Gasteiger charge is -2.12. The molecule has 0 heterocycles. The molecule has 1 aromatic rings. The normalized spacial score (nSPS) is 10.6. The van der Waals surface area contributed by atoms with Crippen molar-refractivity contribution in [2.75, 3.05) is 11.9 Å². The van der Waals surface area contributed by atoms with Crippen LogP contribution in [0.3, 0.4) is 0 Å². The fourth-order valence-electron chi connectivity index (χ4n) is 1.48. The second-order valence-electron chi connectivity index (χ2n) is 3.37. The van der Waals surface area contributed by atoms with Crippen molar-refractivity contribution in [1.82, 2.24) is 0 Å². The van der Waals surface area contributed by atoms with E-state index in [0.717, 1.165) is 29.5 Å². The molecule has 0 unspecified atom stereocenters. The van der Waals surface area contributed by atoms with E-state index in [4.69, 9.17) is 4.74 Å². The molecule has 0 fully saturated rings. The van der Waals surface area contributed by atoms with Gasteiger partial charge in [-0.2, -0.15) is 8.78 Å². The van der Waals surface area contributed by atoms with Crippen LogP contribution >= 0.6 is 15.9 Å². The first kappa shape index (κ1) is 14.2. The highest BCUT2D eigenvalue weighted by Gasteiger charge is 2.09. The molecule has 0 bridgehead atoms. The molecule has 0 atom stereocenters. The van der Waals surface area contributed by atoms with Crippen LogP contribution in [0.1, 0.15) is 18.9 Å². The lowest BCUT2D eigenvalue weighted by atomic mass is 10.1. The Morgan fingerprint density at radius 3 is 2.71 bits per heavy atom. The van der Waals surface area contributed by atoms with Crippen molar-refractivity contribution in [2.45, 2.75) is 26.4 Å². The molecule has 1 rings (SSSR count). The standard InChI is InChI=1S/C12H15BrF2O2/c1-2-16-11-6-5-10(17-12(14)15)8-9(11)4-3-7-13/h5-6,8,12H,2-4,7H2,1H3. The zero-order valence-corrected chi connectivity index (χ0v) is 11.2. The largest absolute Gasteiger partial charge is 0.494 e. The number of alkyl halides is 3. The van der Waals surface area contributed by atoms with Gasteiger partial charge in [-0.15, -0.1) is 0 Å². The van der Waals surface area contributed by atoms with E-state index in [1.54, 1.807) is 12.1 Å². The van der Waals surface area contributed by atoms with Crippen LogP contribution in [0.25, 0.3) is 0 Å². The molecule has 0 amide bonds. The van der Waals surface area contributed by atoms with Gasteiger partial charge in [-0.3, -0.25) is 0 Å². The van der Waals surface area contributed by atoms with Crippen molar-refractivity contribution in [3.05, 3.63) is 23.8 Å². The molecule has 5 heteroatoms. The average Bonchev–Trinajstić information content (AvgIpc) is 2.28. The van der Waals surface area contributed by atoms with E-state index in [-0.39, 0.29) is 5.75 Å². The van der Waals surface area contributed by atoms with E-state index < -0.39 is 6.61 Å². The molecule has 0 saturated heterocycles. The van der Waals surface area contributed by atoms with Gasteiger partial charge in [-0.05, 0) is 43.5 Å². The third-order valence-electron chi connectivity index (χ3n) is 2.14. The Morgan fingerprint density at radius 1 is 1.35 bits per heavy atom. The van der Waals surface area contributed by atoms with Gasteiger partial charge in [0.25, 0.3) is 0 Å². The van der Waals surface area contributed by atoms with Gasteiger partial charge in [0.05, 0.1) is 6.61 Å². The summed E-state index contributed by atoms with van der Waals surface area (Å²) < 4.78 is 34.0. The molecule has 0 N–H and O–H groups in total. The first-order valence-electron chi connectivity index (χ1n) is 5.44. The molecule has 0 aliphatic rings. The molecule has 0 aliphatic heterocycles. The Kier molecular flexibility index (Phi) is 6.26. The monoisotopic (exact) mass is 308 g/mol. The molecule has 96 valence electrons. The van der Waals surface area contributed by atoms with Gasteiger partial charge < -0.3 is 9.47 Å². The summed E-state index contributed by atoms with van der Waals surface area (Å²) in [7, 11) is 0. The SMILES string of the molecule is CCOc1ccc(OC(F)F)cc1CCCBr. The molecule has 0 aliphatic carbocycles. The first-order valence-corrected chi connectivity index (χ1v) is 6.56. The number of aryl methyl sites for hydroxylation is 1. The second-order valence-corrected chi connectivity index (χ2v) is 4.17. The zero-order valence-electron chi connectivity index (χ0n) is 9.59. The average molecular weight is 309 g/mol. The highest BCUT2D eigenvalue weighted by molar-refractivity contribution is 9.09. The number of hydrogen-bond acceptors (Lipinski definition) is 2. The van der Waals surface area contributed by atoms with Crippen LogP contribution in [0.2, 0.25) is 0 Å². The van der Waals surface area contributed by atoms with E-state index >= 15 is 0 Å². The Hall–Kier alpha value is -0.840. The maximum Gasteiger partial charge on any atom is 0.387 e. The fraction of sp³-hybridized carbons (Fsp3) is 0.500. The molecule has 0 saturated carbocycles. The summed E-state index contributed by atoms with van der Waals surface area (Å²) in [4.78, 5) is 0. The molecular formula is C12H15BrF2O2. The van der Waals surface area contributed by atoms with Gasteiger partial charge in [0.1, 0.15) is 11.5 Å². The summed E-state index contributed by atoms with van der Waals surface area (Å²) in [5.74, 6) is 0.906. The van der Waals surface area contributed by atoms with Gasteiger partial charge in [-0.25, -0.2) is 0 Å². The Bertz CT molecular complexity index is 345. The summed E-state index contributed by atoms with van der Waals surface area (Å²) in [6, 6.07) is 4.78. The van der Waals surface area contributed by atoms with Crippen molar-refractivity contribution in [3.8, 4) is 11.5 Å². The summed E-state index contributed by atoms with van der Waals surface area (Å²) in [6.45, 7) is -0.356. The van der Waals surface area contributed by atoms with E-state index in [1.165, 1.54) is 6.07 Å². The number of halogens is 3. The fourth-order valence-corrected chi connectivity index (χ4v) is 1.76. The van der Waals surface area contributed by atoms with Crippen LogP contribution < -0.4 is 9.47 Å². The predicted octanol–water partition coefficient (Wildman–Crippen LogP) is 4.01. The van der Waals surface area contributed by atoms with E-state index in [0.29, 0.717) is 6.61 Å². The minimum atomic E-state index is -2.79. The van der Waals surface area contributed by atoms with Crippen LogP contribution in [0, 0.1) is 0 Å². The van der Waals surface area contributed by atoms with Crippen molar-refractivity contribution < 1.29 is 18.3 Å². The number of hydrogen-bond donors (Lipinski definition) is 0. The van der Waals surface area contributed by atoms with Crippen LogP contribution in [0.4, 0.5) is 8.78 Å². The summed E-state index contributed by atoms with van der Waals surface area (Å²) in [5.41, 5.74) is 0.893. The molecule has 17 heavy (non-hydrogen) atoms. The third kappa shape index (κ3) is 4.89. The Labute approximate surface area is 108 Å². The first-order chi connectivity index (χ1) is 8.17. The van der Waals surface area contributed by atoms with E-state index in [2.05, 4.69) is 20.7 Å². The molecule has 0 aromatic heterocycles. The van der Waals surface area contributed by atoms with Crippen LogP contribution in [0.5, 0.6) is 11.5 Å². The van der Waals surface area contributed by atoms with Crippen LogP contribution in [0.15, 0.2) is 18.2 Å². The van der Waals surface area contributed by atoms with Gasteiger partial charge >= 0.3 is 6.61 Å². The minimum Gasteiger partial charge on any atom is -0.494 e. The van der Waals surface area contributed by atoms with Crippen LogP contribution in [-0.2, 0) is 6.42 Å². The van der Waals surface area contributed by atoms with E-state index in [9.17, 15) is 8.78 Å². The molecule has 2 nitrogen and oxygen atoms in total. The maximum absolute atomic E-state index is 12.1. The molecule has 1 aromatic carbocycles. The Morgan fingerprint density at radius 2 is 2.12 bits per heavy atom. The predicted molar refractivity (Wildman–Crippen MR) is 66.4 cm³/mol. The van der Waals surface area contributed by atoms with Crippen molar-refractivity contribution >= 4 is 15.9 Å². The topological polar surface area (TPSA) is 18.5 Å². The third-order valence-corrected chi connectivity index (χ3v) is 2.70. The van der Waals surface area contributed by atoms with Crippen LogP contribution in [-0.4, -0.2) is 18.5 Å². The lowest BCUT2D eigenvalue weighted by Crippen LogP contribution is -2.03. The van der Waals surface area contributed by atoms with E-state index in [1.807, 2.05) is 6.92 Å². The molecular weight excluding hydrogens is 294 g/mol. The minimum absolute atomic E-state index is 0.174. The number of benzene rings is 1. The van der Waals surface area contributed by atoms with Crippen molar-refractivity contribution in [2.24, 2.45) is 0 Å². The quantitative estimate of drug-likeness (QED) is 0.708. The van der Waals surface area contributed by atoms with Crippen molar-refractivity contribution in [1.29, 1.82) is 0 Å². The second kappa shape index (κ2) is 7.48. The number of rotatable bonds is 7. The summed E-state index contributed by atoms with van der Waals surface area (Å²) in [6.07, 6.45) is 1.68. The van der Waals surface area contributed by atoms with Gasteiger partial charge in [-0.1, -0.05) is 15.9 Å². The smallest absolute Gasteiger partial charge is 0.387 e. The Balaban J connectivity index is 2.84. The van der Waals surface area contributed by atoms with Gasteiger partial charge in [0, 0.05) is 5.33 Å². The van der Waals surface area contributed by atoms with Crippen molar-refractivity contribution in [3.63, 3.8) is 0 Å². The van der Waals surface area contributed by atoms with Gasteiger partial charge in [0.2, 0.25) is 0 Å². The zero-order chi connectivity index (χ0) is 12.7. The summed E-state index contributed by atoms with van der Waals surface area (Å²) >= 11 is 3.34. The van der Waals surface area contributed by atoms with Gasteiger partial charge in [0.15, 0.2) is 0 Å². The molecule has 0 radical (unpaired) electrons. The summed E-state index contributed by atoms with van der Waals surface area (Å²) in [5, 5.41) is 0.860. The maximum atomic E-state index is 12.1. The molecule has 0 spiro atoms. The lowest BCUT2D eigenvalue weighted by molar-refractivity contribution is -0.0499. The highest BCUT2D eigenvalue weighted by atomic mass is 79.9.